The second-order valence-electron chi connectivity index (χ2n) is 9.37. The highest BCUT2D eigenvalue weighted by molar-refractivity contribution is 5.90. The van der Waals surface area contributed by atoms with Gasteiger partial charge in [0.1, 0.15) is 30.3 Å². The van der Waals surface area contributed by atoms with Gasteiger partial charge in [-0.25, -0.2) is 9.59 Å². The van der Waals surface area contributed by atoms with Gasteiger partial charge in [0.25, 0.3) is 0 Å². The highest BCUT2D eigenvalue weighted by Crippen LogP contribution is 2.41. The van der Waals surface area contributed by atoms with Crippen LogP contribution in [0.15, 0.2) is 90.5 Å². The van der Waals surface area contributed by atoms with Crippen molar-refractivity contribution in [3.05, 3.63) is 107 Å². The molecule has 5 rings (SSSR count). The van der Waals surface area contributed by atoms with E-state index >= 15 is 0 Å². The summed E-state index contributed by atoms with van der Waals surface area (Å²) in [5.41, 5.74) is 2.10. The number of carbonyl (C=O) groups excluding carboxylic acids is 3. The van der Waals surface area contributed by atoms with Crippen molar-refractivity contribution in [2.45, 2.75) is 31.7 Å². The Morgan fingerprint density at radius 2 is 1.54 bits per heavy atom. The van der Waals surface area contributed by atoms with Crippen LogP contribution in [0.1, 0.15) is 33.2 Å². The van der Waals surface area contributed by atoms with Crippen LogP contribution < -0.4 is 9.47 Å². The number of esters is 3. The van der Waals surface area contributed by atoms with E-state index in [0.29, 0.717) is 34.6 Å². The zero-order chi connectivity index (χ0) is 27.4. The Morgan fingerprint density at radius 1 is 0.872 bits per heavy atom. The highest BCUT2D eigenvalue weighted by atomic mass is 16.6. The van der Waals surface area contributed by atoms with Gasteiger partial charge in [0.15, 0.2) is 6.10 Å². The van der Waals surface area contributed by atoms with Gasteiger partial charge in [-0.2, -0.15) is 0 Å². The van der Waals surface area contributed by atoms with Crippen LogP contribution in [0.4, 0.5) is 0 Å². The first kappa shape index (κ1) is 26.0. The van der Waals surface area contributed by atoms with Gasteiger partial charge in [-0.05, 0) is 60.5 Å². The van der Waals surface area contributed by atoms with Gasteiger partial charge in [0, 0.05) is 18.4 Å². The van der Waals surface area contributed by atoms with Gasteiger partial charge >= 0.3 is 17.9 Å². The fraction of sp³-hybridized carbons (Fsp3) is 0.258. The fourth-order valence-electron chi connectivity index (χ4n) is 4.94. The predicted octanol–water partition coefficient (Wildman–Crippen LogP) is 4.57. The van der Waals surface area contributed by atoms with Crippen molar-refractivity contribution in [2.24, 2.45) is 5.92 Å². The number of rotatable bonds is 7. The van der Waals surface area contributed by atoms with Crippen LogP contribution >= 0.6 is 0 Å². The molecule has 2 aliphatic rings. The van der Waals surface area contributed by atoms with E-state index in [-0.39, 0.29) is 12.5 Å². The average molecular weight is 529 g/mol. The first-order valence-electron chi connectivity index (χ1n) is 12.6. The maximum absolute atomic E-state index is 13.2. The summed E-state index contributed by atoms with van der Waals surface area (Å²) >= 11 is 0. The third-order valence-electron chi connectivity index (χ3n) is 6.80. The van der Waals surface area contributed by atoms with Gasteiger partial charge in [0.05, 0.1) is 18.2 Å². The smallest absolute Gasteiger partial charge is 0.338 e. The quantitative estimate of drug-likeness (QED) is 0.250. The molecule has 3 aromatic carbocycles. The second kappa shape index (κ2) is 11.4. The maximum atomic E-state index is 13.2. The van der Waals surface area contributed by atoms with E-state index in [9.17, 15) is 14.4 Å². The average Bonchev–Trinajstić information content (AvgIpc) is 2.96. The topological polar surface area (TPSA) is 97.4 Å². The lowest BCUT2D eigenvalue weighted by Gasteiger charge is -2.43. The summed E-state index contributed by atoms with van der Waals surface area (Å²) in [6, 6.07) is 22.7. The Labute approximate surface area is 226 Å². The van der Waals surface area contributed by atoms with Crippen LogP contribution in [-0.2, 0) is 25.4 Å². The fourth-order valence-corrected chi connectivity index (χ4v) is 4.94. The third-order valence-corrected chi connectivity index (χ3v) is 6.80. The Morgan fingerprint density at radius 3 is 2.18 bits per heavy atom. The maximum Gasteiger partial charge on any atom is 0.338 e. The molecule has 39 heavy (non-hydrogen) atoms. The molecule has 1 heterocycles. The summed E-state index contributed by atoms with van der Waals surface area (Å²) < 4.78 is 29.0. The minimum absolute atomic E-state index is 0.174. The molecule has 8 nitrogen and oxygen atoms in total. The number of methoxy groups -OCH3 is 1. The number of benzene rings is 3. The molecular weight excluding hydrogens is 500 g/mol. The largest absolute Gasteiger partial charge is 0.497 e. The highest BCUT2D eigenvalue weighted by Gasteiger charge is 2.48. The van der Waals surface area contributed by atoms with Crippen molar-refractivity contribution in [3.63, 3.8) is 0 Å². The second-order valence-corrected chi connectivity index (χ2v) is 9.37. The molecule has 0 saturated carbocycles. The van der Waals surface area contributed by atoms with Crippen molar-refractivity contribution >= 4 is 17.9 Å². The van der Waals surface area contributed by atoms with E-state index in [1.807, 2.05) is 18.2 Å². The molecule has 0 amide bonds. The minimum Gasteiger partial charge on any atom is -0.497 e. The van der Waals surface area contributed by atoms with E-state index < -0.39 is 36.2 Å². The molecule has 1 aliphatic carbocycles. The molecule has 0 N–H and O–H groups in total. The zero-order valence-corrected chi connectivity index (χ0v) is 21.6. The molecule has 1 aliphatic heterocycles. The monoisotopic (exact) mass is 528 g/mol. The van der Waals surface area contributed by atoms with Crippen LogP contribution in [-0.4, -0.2) is 49.9 Å². The minimum atomic E-state index is -0.976. The van der Waals surface area contributed by atoms with E-state index in [1.165, 1.54) is 6.92 Å². The number of hydrogen-bond donors (Lipinski definition) is 0. The van der Waals surface area contributed by atoms with E-state index in [4.69, 9.17) is 23.7 Å². The number of ether oxygens (including phenoxy) is 5. The van der Waals surface area contributed by atoms with Crippen molar-refractivity contribution < 1.29 is 38.1 Å². The summed E-state index contributed by atoms with van der Waals surface area (Å²) in [4.78, 5) is 38.1. The first-order valence-corrected chi connectivity index (χ1v) is 12.6. The standard InChI is InChI=1S/C31H28O8/c1-19(32)37-28-23(18-36-30(33)20-9-5-3-6-10-20)17-27-25(16-22-15-24(35-2)13-14-26(22)38-27)29(28)39-31(34)21-11-7-4-8-12-21/h3-15,17,25,27-29H,16,18H2,1-2H3. The van der Waals surface area contributed by atoms with Crippen molar-refractivity contribution in [1.29, 1.82) is 0 Å². The van der Waals surface area contributed by atoms with Gasteiger partial charge in [0.2, 0.25) is 0 Å². The Kier molecular flexibility index (Phi) is 7.63. The van der Waals surface area contributed by atoms with Gasteiger partial charge in [-0.15, -0.1) is 0 Å². The van der Waals surface area contributed by atoms with Crippen LogP contribution in [0, 0.1) is 5.92 Å². The SMILES string of the molecule is COc1ccc2c(c1)CC1C(C=C(COC(=O)c3ccccc3)C(OC(C)=O)C1OC(=O)c1ccccc1)O2. The number of fused-ring (bicyclic) bond motifs is 2. The molecule has 0 saturated heterocycles. The normalized spacial score (nSPS) is 21.2. The number of carbonyl (C=O) groups is 3. The Hall–Kier alpha value is -4.59. The summed E-state index contributed by atoms with van der Waals surface area (Å²) in [5, 5.41) is 0. The molecule has 0 fully saturated rings. The summed E-state index contributed by atoms with van der Waals surface area (Å²) in [6.07, 6.45) is -0.111. The van der Waals surface area contributed by atoms with Gasteiger partial charge in [-0.1, -0.05) is 36.4 Å². The molecule has 3 aromatic rings. The van der Waals surface area contributed by atoms with Crippen molar-refractivity contribution in [1.82, 2.24) is 0 Å². The van der Waals surface area contributed by atoms with E-state index in [2.05, 4.69) is 0 Å². The molecule has 4 unspecified atom stereocenters. The van der Waals surface area contributed by atoms with Gasteiger partial charge in [-0.3, -0.25) is 4.79 Å². The molecular formula is C31H28O8. The third kappa shape index (κ3) is 5.80. The van der Waals surface area contributed by atoms with E-state index in [0.717, 1.165) is 5.56 Å². The van der Waals surface area contributed by atoms with Crippen LogP contribution in [0.25, 0.3) is 0 Å². The molecule has 0 radical (unpaired) electrons. The Bertz CT molecular complexity index is 1380. The Balaban J connectivity index is 1.49. The molecule has 8 heteroatoms. The molecule has 4 atom stereocenters. The van der Waals surface area contributed by atoms with Crippen molar-refractivity contribution in [2.75, 3.05) is 13.7 Å². The molecule has 0 bridgehead atoms. The molecule has 0 aromatic heterocycles. The van der Waals surface area contributed by atoms with Gasteiger partial charge < -0.3 is 23.7 Å². The van der Waals surface area contributed by atoms with Crippen LogP contribution in [0.5, 0.6) is 11.5 Å². The van der Waals surface area contributed by atoms with Crippen LogP contribution in [0.3, 0.4) is 0 Å². The van der Waals surface area contributed by atoms with E-state index in [1.54, 1.807) is 73.8 Å². The lowest BCUT2D eigenvalue weighted by molar-refractivity contribution is -0.155. The summed E-state index contributed by atoms with van der Waals surface area (Å²) in [5.74, 6) is -0.679. The summed E-state index contributed by atoms with van der Waals surface area (Å²) in [7, 11) is 1.59. The summed E-state index contributed by atoms with van der Waals surface area (Å²) in [6.45, 7) is 1.11. The lowest BCUT2D eigenvalue weighted by Crippen LogP contribution is -2.53. The number of hydrogen-bond acceptors (Lipinski definition) is 8. The molecule has 0 spiro atoms. The molecule has 200 valence electrons. The van der Waals surface area contributed by atoms with Crippen LogP contribution in [0.2, 0.25) is 0 Å². The predicted molar refractivity (Wildman–Crippen MR) is 141 cm³/mol. The zero-order valence-electron chi connectivity index (χ0n) is 21.6. The lowest BCUT2D eigenvalue weighted by atomic mass is 9.77. The van der Waals surface area contributed by atoms with Crippen molar-refractivity contribution in [3.8, 4) is 11.5 Å². The first-order chi connectivity index (χ1) is 18.9.